The third-order valence-electron chi connectivity index (χ3n) is 4.69. The molecule has 0 aliphatic rings. The molecule has 0 N–H and O–H groups in total. The summed E-state index contributed by atoms with van der Waals surface area (Å²) in [5.41, 5.74) is 3.27. The SMILES string of the molecule is N#C/C(=C/c1cccc(OCc2ccc(F)cc2)c1)c1cccc2ccccc12. The summed E-state index contributed by atoms with van der Waals surface area (Å²) < 4.78 is 18.9. The Balaban J connectivity index is 1.60. The molecule has 0 bridgehead atoms. The number of halogens is 1. The van der Waals surface area contributed by atoms with Crippen LogP contribution in [-0.2, 0) is 6.61 Å². The molecule has 0 aliphatic carbocycles. The fourth-order valence-electron chi connectivity index (χ4n) is 3.24. The van der Waals surface area contributed by atoms with Gasteiger partial charge in [0, 0.05) is 5.56 Å². The van der Waals surface area contributed by atoms with Gasteiger partial charge in [0.15, 0.2) is 0 Å². The first-order valence-electron chi connectivity index (χ1n) is 9.30. The fourth-order valence-corrected chi connectivity index (χ4v) is 3.24. The van der Waals surface area contributed by atoms with Crippen molar-refractivity contribution in [3.63, 3.8) is 0 Å². The van der Waals surface area contributed by atoms with Crippen LogP contribution in [0.3, 0.4) is 0 Å². The van der Waals surface area contributed by atoms with Crippen LogP contribution in [0.5, 0.6) is 5.75 Å². The van der Waals surface area contributed by atoms with Gasteiger partial charge < -0.3 is 4.74 Å². The van der Waals surface area contributed by atoms with E-state index < -0.39 is 0 Å². The van der Waals surface area contributed by atoms with E-state index in [1.54, 1.807) is 12.1 Å². The molecule has 3 heteroatoms. The lowest BCUT2D eigenvalue weighted by Crippen LogP contribution is -1.95. The molecule has 0 fully saturated rings. The van der Waals surface area contributed by atoms with E-state index in [4.69, 9.17) is 4.74 Å². The zero-order valence-corrected chi connectivity index (χ0v) is 15.7. The van der Waals surface area contributed by atoms with Crippen molar-refractivity contribution in [1.29, 1.82) is 5.26 Å². The molecule has 0 amide bonds. The number of hydrogen-bond donors (Lipinski definition) is 0. The number of allylic oxidation sites excluding steroid dienone is 1. The van der Waals surface area contributed by atoms with Gasteiger partial charge in [-0.05, 0) is 52.2 Å². The summed E-state index contributed by atoms with van der Waals surface area (Å²) in [6.45, 7) is 0.349. The van der Waals surface area contributed by atoms with Crippen LogP contribution < -0.4 is 4.74 Å². The average molecular weight is 379 g/mol. The second-order valence-electron chi connectivity index (χ2n) is 6.68. The van der Waals surface area contributed by atoms with Crippen molar-refractivity contribution in [1.82, 2.24) is 0 Å². The highest BCUT2D eigenvalue weighted by atomic mass is 19.1. The van der Waals surface area contributed by atoms with Crippen LogP contribution in [0.15, 0.2) is 91.0 Å². The number of benzene rings is 4. The largest absolute Gasteiger partial charge is 0.489 e. The lowest BCUT2D eigenvalue weighted by Gasteiger charge is -2.08. The number of fused-ring (bicyclic) bond motifs is 1. The van der Waals surface area contributed by atoms with E-state index in [0.29, 0.717) is 17.9 Å². The van der Waals surface area contributed by atoms with Gasteiger partial charge in [0.2, 0.25) is 0 Å². The molecule has 0 atom stereocenters. The fraction of sp³-hybridized carbons (Fsp3) is 0.0385. The summed E-state index contributed by atoms with van der Waals surface area (Å²) in [6.07, 6.45) is 1.87. The highest BCUT2D eigenvalue weighted by molar-refractivity contribution is 6.01. The van der Waals surface area contributed by atoms with Gasteiger partial charge in [-0.1, -0.05) is 66.7 Å². The molecule has 0 unspecified atom stereocenters. The van der Waals surface area contributed by atoms with Gasteiger partial charge in [-0.15, -0.1) is 0 Å². The molecular weight excluding hydrogens is 361 g/mol. The molecule has 4 aromatic rings. The predicted molar refractivity (Wildman–Crippen MR) is 115 cm³/mol. The molecule has 0 spiro atoms. The summed E-state index contributed by atoms with van der Waals surface area (Å²) in [4.78, 5) is 0. The Kier molecular flexibility index (Phi) is 5.36. The third-order valence-corrected chi connectivity index (χ3v) is 4.69. The summed E-state index contributed by atoms with van der Waals surface area (Å²) in [7, 11) is 0. The van der Waals surface area contributed by atoms with E-state index in [9.17, 15) is 9.65 Å². The molecule has 0 saturated heterocycles. The first-order chi connectivity index (χ1) is 14.2. The van der Waals surface area contributed by atoms with Crippen molar-refractivity contribution in [2.24, 2.45) is 0 Å². The summed E-state index contributed by atoms with van der Waals surface area (Å²) in [5.74, 6) is 0.427. The maximum Gasteiger partial charge on any atom is 0.123 e. The minimum Gasteiger partial charge on any atom is -0.489 e. The van der Waals surface area contributed by atoms with Crippen LogP contribution in [0, 0.1) is 17.1 Å². The van der Waals surface area contributed by atoms with Crippen LogP contribution >= 0.6 is 0 Å². The van der Waals surface area contributed by atoms with Gasteiger partial charge in [-0.3, -0.25) is 0 Å². The van der Waals surface area contributed by atoms with Crippen molar-refractivity contribution >= 4 is 22.4 Å². The van der Waals surface area contributed by atoms with E-state index in [-0.39, 0.29) is 5.82 Å². The average Bonchev–Trinajstić information content (AvgIpc) is 2.77. The van der Waals surface area contributed by atoms with Gasteiger partial charge in [0.25, 0.3) is 0 Å². The van der Waals surface area contributed by atoms with Gasteiger partial charge in [-0.25, -0.2) is 4.39 Å². The van der Waals surface area contributed by atoms with Crippen molar-refractivity contribution < 1.29 is 9.13 Å². The molecule has 0 aliphatic heterocycles. The van der Waals surface area contributed by atoms with Crippen molar-refractivity contribution in [2.75, 3.05) is 0 Å². The Labute approximate surface area is 169 Å². The van der Waals surface area contributed by atoms with E-state index in [0.717, 1.165) is 27.5 Å². The summed E-state index contributed by atoms with van der Waals surface area (Å²) >= 11 is 0. The Morgan fingerprint density at radius 1 is 0.897 bits per heavy atom. The Bertz CT molecular complexity index is 1210. The molecule has 0 aromatic heterocycles. The van der Waals surface area contributed by atoms with Gasteiger partial charge in [0.05, 0.1) is 11.6 Å². The number of ether oxygens (including phenoxy) is 1. The molecule has 4 rings (SSSR count). The number of nitriles is 1. The van der Waals surface area contributed by atoms with E-state index in [1.165, 1.54) is 12.1 Å². The van der Waals surface area contributed by atoms with E-state index in [2.05, 4.69) is 6.07 Å². The van der Waals surface area contributed by atoms with Crippen LogP contribution in [0.2, 0.25) is 0 Å². The highest BCUT2D eigenvalue weighted by Gasteiger charge is 2.06. The number of hydrogen-bond acceptors (Lipinski definition) is 2. The zero-order chi connectivity index (χ0) is 20.1. The predicted octanol–water partition coefficient (Wildman–Crippen LogP) is 6.62. The first-order valence-corrected chi connectivity index (χ1v) is 9.30. The standard InChI is InChI=1S/C26H18FNO/c27-23-13-11-19(12-14-23)18-29-24-8-3-5-20(16-24)15-22(17-28)26-10-4-7-21-6-1-2-9-25(21)26/h1-16H,18H2/b22-15-. The molecule has 0 saturated carbocycles. The molecule has 29 heavy (non-hydrogen) atoms. The van der Waals surface area contributed by atoms with Gasteiger partial charge in [0.1, 0.15) is 18.2 Å². The highest BCUT2D eigenvalue weighted by Crippen LogP contribution is 2.27. The lowest BCUT2D eigenvalue weighted by molar-refractivity contribution is 0.306. The molecule has 140 valence electrons. The Morgan fingerprint density at radius 2 is 1.66 bits per heavy atom. The third kappa shape index (κ3) is 4.34. The van der Waals surface area contributed by atoms with Crippen molar-refractivity contribution in [2.45, 2.75) is 6.61 Å². The number of nitrogens with zero attached hydrogens (tertiary/aromatic N) is 1. The molecule has 0 radical (unpaired) electrons. The quantitative estimate of drug-likeness (QED) is 0.288. The molecule has 2 nitrogen and oxygen atoms in total. The Morgan fingerprint density at radius 3 is 2.48 bits per heavy atom. The summed E-state index contributed by atoms with van der Waals surface area (Å²) in [5, 5.41) is 11.9. The second kappa shape index (κ2) is 8.41. The maximum absolute atomic E-state index is 13.0. The number of rotatable bonds is 5. The molecule has 0 heterocycles. The zero-order valence-electron chi connectivity index (χ0n) is 15.7. The normalized spacial score (nSPS) is 11.2. The van der Waals surface area contributed by atoms with Crippen molar-refractivity contribution in [3.05, 3.63) is 114 Å². The smallest absolute Gasteiger partial charge is 0.123 e. The van der Waals surface area contributed by atoms with Crippen LogP contribution in [0.25, 0.3) is 22.4 Å². The Hall–Kier alpha value is -3.90. The van der Waals surface area contributed by atoms with Gasteiger partial charge >= 0.3 is 0 Å². The van der Waals surface area contributed by atoms with Crippen molar-refractivity contribution in [3.8, 4) is 11.8 Å². The first kappa shape index (κ1) is 18.5. The van der Waals surface area contributed by atoms with Crippen LogP contribution in [-0.4, -0.2) is 0 Å². The second-order valence-corrected chi connectivity index (χ2v) is 6.68. The van der Waals surface area contributed by atoms with Gasteiger partial charge in [-0.2, -0.15) is 5.26 Å². The minimum atomic E-state index is -0.265. The monoisotopic (exact) mass is 379 g/mol. The minimum absolute atomic E-state index is 0.265. The van der Waals surface area contributed by atoms with E-state index in [1.807, 2.05) is 72.8 Å². The molecule has 4 aromatic carbocycles. The lowest BCUT2D eigenvalue weighted by atomic mass is 9.97. The maximum atomic E-state index is 13.0. The van der Waals surface area contributed by atoms with E-state index >= 15 is 0 Å². The van der Waals surface area contributed by atoms with Crippen LogP contribution in [0.4, 0.5) is 4.39 Å². The molecular formula is C26H18FNO. The summed E-state index contributed by atoms with van der Waals surface area (Å²) in [6, 6.07) is 30.2. The van der Waals surface area contributed by atoms with Crippen LogP contribution in [0.1, 0.15) is 16.7 Å². The topological polar surface area (TPSA) is 33.0 Å².